The Kier molecular flexibility index (Phi) is 1.23. The van der Waals surface area contributed by atoms with Crippen LogP contribution >= 0.6 is 0 Å². The van der Waals surface area contributed by atoms with Gasteiger partial charge in [-0.3, -0.25) is 9.80 Å². The van der Waals surface area contributed by atoms with E-state index in [-0.39, 0.29) is 11.5 Å². The van der Waals surface area contributed by atoms with Gasteiger partial charge in [0.05, 0.1) is 12.8 Å². The first kappa shape index (κ1) is 7.30. The molecule has 3 unspecified atom stereocenters. The average Bonchev–Trinajstić information content (AvgIpc) is 1.98. The van der Waals surface area contributed by atoms with Crippen LogP contribution in [0.1, 0.15) is 6.92 Å². The Morgan fingerprint density at radius 2 is 1.83 bits per heavy atom. The van der Waals surface area contributed by atoms with Crippen molar-refractivity contribution in [3.05, 3.63) is 0 Å². The summed E-state index contributed by atoms with van der Waals surface area (Å²) in [6.45, 7) is 7.80. The van der Waals surface area contributed by atoms with E-state index in [1.807, 2.05) is 0 Å². The maximum Gasteiger partial charge on any atom is 0.0670 e. The molecule has 4 aliphatic rings. The van der Waals surface area contributed by atoms with Crippen LogP contribution in [-0.4, -0.2) is 53.9 Å². The monoisotopic (exact) mass is 168 g/mol. The van der Waals surface area contributed by atoms with E-state index in [9.17, 15) is 5.11 Å². The number of rotatable bonds is 0. The van der Waals surface area contributed by atoms with Crippen LogP contribution in [-0.2, 0) is 0 Å². The second-order valence-corrected chi connectivity index (χ2v) is 5.02. The SMILES string of the molecule is CC12CN3CC(CN(C3)C1)C2O. The van der Waals surface area contributed by atoms with Gasteiger partial charge in [-0.05, 0) is 0 Å². The third-order valence-electron chi connectivity index (χ3n) is 3.72. The highest BCUT2D eigenvalue weighted by molar-refractivity contribution is 5.04. The largest absolute Gasteiger partial charge is 0.392 e. The molecular formula is C9H16N2O. The van der Waals surface area contributed by atoms with Gasteiger partial charge in [-0.25, -0.2) is 0 Å². The standard InChI is InChI=1S/C9H16N2O/c1-9-4-10-2-7(8(9)12)3-11(5-9)6-10/h7-8,12H,2-6H2,1H3. The van der Waals surface area contributed by atoms with Gasteiger partial charge >= 0.3 is 0 Å². The molecule has 4 saturated heterocycles. The van der Waals surface area contributed by atoms with Crippen molar-refractivity contribution in [3.63, 3.8) is 0 Å². The molecule has 0 aromatic carbocycles. The van der Waals surface area contributed by atoms with Gasteiger partial charge in [0.25, 0.3) is 0 Å². The normalized spacial score (nSPS) is 62.5. The van der Waals surface area contributed by atoms with E-state index >= 15 is 0 Å². The van der Waals surface area contributed by atoms with Crippen molar-refractivity contribution in [2.75, 3.05) is 32.8 Å². The zero-order chi connectivity index (χ0) is 8.34. The smallest absolute Gasteiger partial charge is 0.0670 e. The van der Waals surface area contributed by atoms with Gasteiger partial charge in [0.2, 0.25) is 0 Å². The van der Waals surface area contributed by atoms with Crippen molar-refractivity contribution in [2.45, 2.75) is 13.0 Å². The predicted molar refractivity (Wildman–Crippen MR) is 45.6 cm³/mol. The lowest BCUT2D eigenvalue weighted by Crippen LogP contribution is -2.72. The van der Waals surface area contributed by atoms with Gasteiger partial charge in [-0.1, -0.05) is 6.92 Å². The first-order valence-electron chi connectivity index (χ1n) is 4.80. The third-order valence-corrected chi connectivity index (χ3v) is 3.72. The van der Waals surface area contributed by atoms with Crippen molar-refractivity contribution in [1.82, 2.24) is 9.80 Å². The Morgan fingerprint density at radius 3 is 2.33 bits per heavy atom. The summed E-state index contributed by atoms with van der Waals surface area (Å²) >= 11 is 0. The summed E-state index contributed by atoms with van der Waals surface area (Å²) in [6, 6.07) is 0. The summed E-state index contributed by atoms with van der Waals surface area (Å²) in [4.78, 5) is 4.95. The fourth-order valence-electron chi connectivity index (χ4n) is 3.38. The summed E-state index contributed by atoms with van der Waals surface area (Å²) in [5, 5.41) is 10.0. The van der Waals surface area contributed by atoms with Crippen LogP contribution in [0.15, 0.2) is 0 Å². The van der Waals surface area contributed by atoms with E-state index in [2.05, 4.69) is 16.7 Å². The summed E-state index contributed by atoms with van der Waals surface area (Å²) in [5.74, 6) is 0.520. The number of hydrogen-bond acceptors (Lipinski definition) is 3. The quantitative estimate of drug-likeness (QED) is 0.532. The molecule has 0 saturated carbocycles. The maximum atomic E-state index is 10.0. The molecule has 3 atom stereocenters. The zero-order valence-corrected chi connectivity index (χ0v) is 7.53. The summed E-state index contributed by atoms with van der Waals surface area (Å²) in [5.41, 5.74) is 0.166. The molecule has 3 heteroatoms. The van der Waals surface area contributed by atoms with E-state index in [1.54, 1.807) is 0 Å². The number of piperidine rings is 2. The molecule has 0 aromatic rings. The molecule has 4 aliphatic heterocycles. The molecule has 0 radical (unpaired) electrons. The minimum Gasteiger partial charge on any atom is -0.392 e. The molecule has 0 spiro atoms. The van der Waals surface area contributed by atoms with Crippen LogP contribution in [0.25, 0.3) is 0 Å². The lowest BCUT2D eigenvalue weighted by molar-refractivity contribution is -0.185. The van der Waals surface area contributed by atoms with Crippen LogP contribution < -0.4 is 0 Å². The second-order valence-electron chi connectivity index (χ2n) is 5.02. The Balaban J connectivity index is 1.97. The number of aliphatic hydroxyl groups excluding tert-OH is 1. The molecule has 4 heterocycles. The lowest BCUT2D eigenvalue weighted by atomic mass is 9.69. The minimum absolute atomic E-state index is 0.0506. The van der Waals surface area contributed by atoms with Gasteiger partial charge in [0.15, 0.2) is 0 Å². The van der Waals surface area contributed by atoms with E-state index in [0.29, 0.717) is 5.92 Å². The Labute approximate surface area is 73.0 Å². The summed E-state index contributed by atoms with van der Waals surface area (Å²) < 4.78 is 0. The molecule has 68 valence electrons. The first-order chi connectivity index (χ1) is 5.67. The van der Waals surface area contributed by atoms with Crippen molar-refractivity contribution < 1.29 is 5.11 Å². The number of aliphatic hydroxyl groups is 1. The Bertz CT molecular complexity index is 205. The zero-order valence-electron chi connectivity index (χ0n) is 7.53. The van der Waals surface area contributed by atoms with Gasteiger partial charge in [0.1, 0.15) is 0 Å². The molecule has 3 nitrogen and oxygen atoms in total. The van der Waals surface area contributed by atoms with Gasteiger partial charge < -0.3 is 5.11 Å². The van der Waals surface area contributed by atoms with Gasteiger partial charge in [-0.15, -0.1) is 0 Å². The molecule has 4 rings (SSSR count). The van der Waals surface area contributed by atoms with E-state index in [1.165, 1.54) is 0 Å². The molecule has 4 bridgehead atoms. The van der Waals surface area contributed by atoms with Crippen LogP contribution in [0.5, 0.6) is 0 Å². The highest BCUT2D eigenvalue weighted by Gasteiger charge is 2.52. The van der Waals surface area contributed by atoms with Gasteiger partial charge in [0, 0.05) is 37.5 Å². The molecule has 0 aliphatic carbocycles. The van der Waals surface area contributed by atoms with E-state index < -0.39 is 0 Å². The van der Waals surface area contributed by atoms with Crippen molar-refractivity contribution in [3.8, 4) is 0 Å². The average molecular weight is 168 g/mol. The Hall–Kier alpha value is -0.120. The molecule has 0 aromatic heterocycles. The maximum absolute atomic E-state index is 10.0. The molecule has 0 amide bonds. The van der Waals surface area contributed by atoms with Crippen LogP contribution in [0.3, 0.4) is 0 Å². The third kappa shape index (κ3) is 0.767. The Morgan fingerprint density at radius 1 is 1.25 bits per heavy atom. The summed E-state index contributed by atoms with van der Waals surface area (Å²) in [7, 11) is 0. The molecule has 4 fully saturated rings. The van der Waals surface area contributed by atoms with Crippen LogP contribution in [0.4, 0.5) is 0 Å². The first-order valence-corrected chi connectivity index (χ1v) is 4.80. The number of nitrogens with zero attached hydrogens (tertiary/aromatic N) is 2. The number of hydrogen-bond donors (Lipinski definition) is 1. The topological polar surface area (TPSA) is 26.7 Å². The second kappa shape index (κ2) is 2.03. The molecule has 1 N–H and O–H groups in total. The highest BCUT2D eigenvalue weighted by Crippen LogP contribution is 2.41. The summed E-state index contributed by atoms with van der Waals surface area (Å²) in [6.07, 6.45) is -0.0506. The molecular weight excluding hydrogens is 152 g/mol. The van der Waals surface area contributed by atoms with Gasteiger partial charge in [-0.2, -0.15) is 0 Å². The van der Waals surface area contributed by atoms with Crippen molar-refractivity contribution in [1.29, 1.82) is 0 Å². The van der Waals surface area contributed by atoms with Crippen LogP contribution in [0, 0.1) is 11.3 Å². The van der Waals surface area contributed by atoms with E-state index in [4.69, 9.17) is 0 Å². The highest BCUT2D eigenvalue weighted by atomic mass is 16.3. The van der Waals surface area contributed by atoms with Crippen molar-refractivity contribution >= 4 is 0 Å². The fourth-order valence-corrected chi connectivity index (χ4v) is 3.38. The van der Waals surface area contributed by atoms with E-state index in [0.717, 1.165) is 32.8 Å². The molecule has 12 heavy (non-hydrogen) atoms. The predicted octanol–water partition coefficient (Wildman–Crippen LogP) is -0.428. The lowest BCUT2D eigenvalue weighted by Gasteiger charge is -2.60. The van der Waals surface area contributed by atoms with Crippen molar-refractivity contribution in [2.24, 2.45) is 11.3 Å². The minimum atomic E-state index is -0.0506. The fraction of sp³-hybridized carbons (Fsp3) is 1.00. The van der Waals surface area contributed by atoms with Crippen LogP contribution in [0.2, 0.25) is 0 Å².